The molecule has 0 saturated carbocycles. The number of ether oxygens (including phenoxy) is 1. The smallest absolute Gasteiger partial charge is 0.251 e. The second-order valence-corrected chi connectivity index (χ2v) is 5.12. The van der Waals surface area contributed by atoms with E-state index in [2.05, 4.69) is 5.32 Å². The van der Waals surface area contributed by atoms with Crippen molar-refractivity contribution in [3.63, 3.8) is 0 Å². The lowest BCUT2D eigenvalue weighted by Gasteiger charge is -2.15. The van der Waals surface area contributed by atoms with Gasteiger partial charge in [-0.25, -0.2) is 0 Å². The number of hydrogen-bond acceptors (Lipinski definition) is 3. The van der Waals surface area contributed by atoms with Crippen molar-refractivity contribution in [3.8, 4) is 5.75 Å². The van der Waals surface area contributed by atoms with E-state index >= 15 is 0 Å². The van der Waals surface area contributed by atoms with Gasteiger partial charge < -0.3 is 15.8 Å². The molecule has 0 fully saturated rings. The Hall–Kier alpha value is -2.20. The zero-order valence-corrected chi connectivity index (χ0v) is 12.6. The molecule has 2 aromatic carbocycles. The van der Waals surface area contributed by atoms with Crippen LogP contribution in [0, 0.1) is 0 Å². The van der Waals surface area contributed by atoms with Crippen LogP contribution in [-0.2, 0) is 0 Å². The molecule has 2 aromatic rings. The van der Waals surface area contributed by atoms with Crippen LogP contribution in [0.1, 0.15) is 28.9 Å². The van der Waals surface area contributed by atoms with Gasteiger partial charge in [0.2, 0.25) is 0 Å². The average Bonchev–Trinajstić information content (AvgIpc) is 2.49. The van der Waals surface area contributed by atoms with Gasteiger partial charge in [0, 0.05) is 5.56 Å². The fraction of sp³-hybridized carbons (Fsp3) is 0.188. The molecule has 21 heavy (non-hydrogen) atoms. The average molecular weight is 305 g/mol. The molecule has 0 heterocycles. The van der Waals surface area contributed by atoms with Crippen LogP contribution < -0.4 is 15.8 Å². The minimum atomic E-state index is -0.200. The predicted molar refractivity (Wildman–Crippen MR) is 84.7 cm³/mol. The van der Waals surface area contributed by atoms with Crippen LogP contribution >= 0.6 is 11.6 Å². The standard InChI is InChI=1S/C16H17ClN2O2/c1-10(11-4-3-5-13(8-11)21-2)19-16(20)12-6-7-14(17)15(18)9-12/h3-10H,18H2,1-2H3,(H,19,20). The first-order valence-corrected chi connectivity index (χ1v) is 6.89. The highest BCUT2D eigenvalue weighted by molar-refractivity contribution is 6.33. The number of carbonyl (C=O) groups excluding carboxylic acids is 1. The van der Waals surface area contributed by atoms with Crippen molar-refractivity contribution in [2.24, 2.45) is 0 Å². The fourth-order valence-electron chi connectivity index (χ4n) is 1.96. The summed E-state index contributed by atoms with van der Waals surface area (Å²) in [6.07, 6.45) is 0. The lowest BCUT2D eigenvalue weighted by atomic mass is 10.1. The minimum Gasteiger partial charge on any atom is -0.497 e. The monoisotopic (exact) mass is 304 g/mol. The van der Waals surface area contributed by atoms with E-state index in [1.165, 1.54) is 0 Å². The predicted octanol–water partition coefficient (Wildman–Crippen LogP) is 3.42. The maximum absolute atomic E-state index is 12.2. The van der Waals surface area contributed by atoms with Gasteiger partial charge in [0.1, 0.15) is 5.75 Å². The van der Waals surface area contributed by atoms with Crippen LogP contribution in [0.5, 0.6) is 5.75 Å². The summed E-state index contributed by atoms with van der Waals surface area (Å²) >= 11 is 5.85. The molecule has 1 atom stereocenters. The highest BCUT2D eigenvalue weighted by Crippen LogP contribution is 2.21. The molecular formula is C16H17ClN2O2. The van der Waals surface area contributed by atoms with Crippen molar-refractivity contribution < 1.29 is 9.53 Å². The van der Waals surface area contributed by atoms with E-state index < -0.39 is 0 Å². The lowest BCUT2D eigenvalue weighted by molar-refractivity contribution is 0.0940. The number of hydrogen-bond donors (Lipinski definition) is 2. The first-order chi connectivity index (χ1) is 10.0. The van der Waals surface area contributed by atoms with E-state index in [4.69, 9.17) is 22.1 Å². The summed E-state index contributed by atoms with van der Waals surface area (Å²) < 4.78 is 5.18. The number of nitrogen functional groups attached to an aromatic ring is 1. The zero-order chi connectivity index (χ0) is 15.4. The maximum Gasteiger partial charge on any atom is 0.251 e. The van der Waals surface area contributed by atoms with Gasteiger partial charge in [-0.05, 0) is 42.8 Å². The summed E-state index contributed by atoms with van der Waals surface area (Å²) in [5, 5.41) is 3.35. The number of halogens is 1. The van der Waals surface area contributed by atoms with E-state index in [1.807, 2.05) is 31.2 Å². The third-order valence-electron chi connectivity index (χ3n) is 3.20. The molecule has 4 nitrogen and oxygen atoms in total. The molecule has 3 N–H and O–H groups in total. The van der Waals surface area contributed by atoms with Gasteiger partial charge in [-0.2, -0.15) is 0 Å². The summed E-state index contributed by atoms with van der Waals surface area (Å²) in [7, 11) is 1.61. The Bertz CT molecular complexity index is 658. The number of methoxy groups -OCH3 is 1. The number of amides is 1. The first-order valence-electron chi connectivity index (χ1n) is 6.51. The highest BCUT2D eigenvalue weighted by atomic mass is 35.5. The van der Waals surface area contributed by atoms with E-state index in [0.717, 1.165) is 11.3 Å². The molecule has 0 saturated heterocycles. The molecule has 0 aliphatic carbocycles. The molecule has 0 spiro atoms. The molecule has 1 amide bonds. The molecule has 0 bridgehead atoms. The largest absolute Gasteiger partial charge is 0.497 e. The molecule has 2 rings (SSSR count). The molecule has 110 valence electrons. The zero-order valence-electron chi connectivity index (χ0n) is 11.9. The number of rotatable bonds is 4. The Morgan fingerprint density at radius 1 is 1.29 bits per heavy atom. The van der Waals surface area contributed by atoms with Crippen LogP contribution in [0.15, 0.2) is 42.5 Å². The van der Waals surface area contributed by atoms with Crippen LogP contribution in [-0.4, -0.2) is 13.0 Å². The van der Waals surface area contributed by atoms with Gasteiger partial charge in [0.05, 0.1) is 23.9 Å². The third-order valence-corrected chi connectivity index (χ3v) is 3.54. The van der Waals surface area contributed by atoms with E-state index in [1.54, 1.807) is 25.3 Å². The van der Waals surface area contributed by atoms with Gasteiger partial charge in [-0.1, -0.05) is 23.7 Å². The summed E-state index contributed by atoms with van der Waals surface area (Å²) in [6, 6.07) is 12.2. The lowest BCUT2D eigenvalue weighted by Crippen LogP contribution is -2.26. The second kappa shape index (κ2) is 6.50. The molecule has 5 heteroatoms. The molecule has 0 aliphatic rings. The van der Waals surface area contributed by atoms with Crippen molar-refractivity contribution in [2.75, 3.05) is 12.8 Å². The summed E-state index contributed by atoms with van der Waals surface area (Å²) in [6.45, 7) is 1.91. The normalized spacial score (nSPS) is 11.8. The number of nitrogens with two attached hydrogens (primary N) is 1. The van der Waals surface area contributed by atoms with Gasteiger partial charge in [-0.15, -0.1) is 0 Å². The maximum atomic E-state index is 12.2. The molecule has 1 unspecified atom stereocenters. The van der Waals surface area contributed by atoms with Gasteiger partial charge in [0.25, 0.3) is 5.91 Å². The van der Waals surface area contributed by atoms with E-state index in [0.29, 0.717) is 16.3 Å². The van der Waals surface area contributed by atoms with Crippen molar-refractivity contribution >= 4 is 23.2 Å². The van der Waals surface area contributed by atoms with E-state index in [9.17, 15) is 4.79 Å². The summed E-state index contributed by atoms with van der Waals surface area (Å²) in [5.41, 5.74) is 7.54. The Balaban J connectivity index is 2.12. The number of benzene rings is 2. The molecule has 0 aromatic heterocycles. The van der Waals surface area contributed by atoms with Gasteiger partial charge in [0.15, 0.2) is 0 Å². The number of anilines is 1. The quantitative estimate of drug-likeness (QED) is 0.851. The Labute approximate surface area is 128 Å². The summed E-state index contributed by atoms with van der Waals surface area (Å²) in [5.74, 6) is 0.554. The Kier molecular flexibility index (Phi) is 4.70. The van der Waals surface area contributed by atoms with Crippen molar-refractivity contribution in [3.05, 3.63) is 58.6 Å². The van der Waals surface area contributed by atoms with Gasteiger partial charge in [-0.3, -0.25) is 4.79 Å². The number of nitrogens with one attached hydrogen (secondary N) is 1. The Morgan fingerprint density at radius 3 is 2.71 bits per heavy atom. The fourth-order valence-corrected chi connectivity index (χ4v) is 2.08. The van der Waals surface area contributed by atoms with Crippen LogP contribution in [0.25, 0.3) is 0 Å². The number of carbonyl (C=O) groups is 1. The molecule has 0 radical (unpaired) electrons. The Morgan fingerprint density at radius 2 is 2.05 bits per heavy atom. The van der Waals surface area contributed by atoms with Crippen LogP contribution in [0.2, 0.25) is 5.02 Å². The van der Waals surface area contributed by atoms with Crippen LogP contribution in [0.4, 0.5) is 5.69 Å². The van der Waals surface area contributed by atoms with Crippen LogP contribution in [0.3, 0.4) is 0 Å². The van der Waals surface area contributed by atoms with Crippen molar-refractivity contribution in [1.29, 1.82) is 0 Å². The summed E-state index contributed by atoms with van der Waals surface area (Å²) in [4.78, 5) is 12.2. The van der Waals surface area contributed by atoms with E-state index in [-0.39, 0.29) is 11.9 Å². The minimum absolute atomic E-state index is 0.149. The van der Waals surface area contributed by atoms with Crippen molar-refractivity contribution in [2.45, 2.75) is 13.0 Å². The highest BCUT2D eigenvalue weighted by Gasteiger charge is 2.13. The SMILES string of the molecule is COc1cccc(C(C)NC(=O)c2ccc(Cl)c(N)c2)c1. The van der Waals surface area contributed by atoms with Gasteiger partial charge >= 0.3 is 0 Å². The third kappa shape index (κ3) is 3.67. The topological polar surface area (TPSA) is 64.3 Å². The second-order valence-electron chi connectivity index (χ2n) is 4.71. The molecular weight excluding hydrogens is 288 g/mol. The molecule has 0 aliphatic heterocycles. The first kappa shape index (κ1) is 15.2. The van der Waals surface area contributed by atoms with Crippen molar-refractivity contribution in [1.82, 2.24) is 5.32 Å².